The van der Waals surface area contributed by atoms with Crippen LogP contribution in [0, 0.1) is 0 Å². The fourth-order valence-corrected chi connectivity index (χ4v) is 1.36. The van der Waals surface area contributed by atoms with Gasteiger partial charge in [0, 0.05) is 12.2 Å². The molecule has 118 valence electrons. The van der Waals surface area contributed by atoms with Gasteiger partial charge in [0.25, 0.3) is 6.29 Å². The van der Waals surface area contributed by atoms with Gasteiger partial charge in [-0.05, 0) is 12.1 Å². The predicted octanol–water partition coefficient (Wildman–Crippen LogP) is 1.87. The van der Waals surface area contributed by atoms with Crippen LogP contribution in [0.15, 0.2) is 55.6 Å². The first-order valence-corrected chi connectivity index (χ1v) is 6.57. The molecule has 6 nitrogen and oxygen atoms in total. The number of carbonyl (C=O) groups excluding carboxylic acids is 2. The zero-order valence-electron chi connectivity index (χ0n) is 12.1. The van der Waals surface area contributed by atoms with Gasteiger partial charge in [-0.3, -0.25) is 0 Å². The molecule has 1 rings (SSSR count). The molecule has 0 saturated heterocycles. The lowest BCUT2D eigenvalue weighted by Gasteiger charge is -2.18. The number of benzene rings is 1. The van der Waals surface area contributed by atoms with E-state index in [1.807, 2.05) is 6.07 Å². The maximum Gasteiger partial charge on any atom is 0.333 e. The minimum atomic E-state index is -0.928. The van der Waals surface area contributed by atoms with Gasteiger partial charge in [0.2, 0.25) is 0 Å². The van der Waals surface area contributed by atoms with Crippen molar-refractivity contribution in [2.45, 2.75) is 6.29 Å². The number of esters is 2. The molecule has 22 heavy (non-hydrogen) atoms. The summed E-state index contributed by atoms with van der Waals surface area (Å²) in [4.78, 5) is 22.1. The lowest BCUT2D eigenvalue weighted by Crippen LogP contribution is -2.29. The number of rotatable bonds is 10. The first-order valence-electron chi connectivity index (χ1n) is 6.57. The second-order valence-electron chi connectivity index (χ2n) is 3.95. The Kier molecular flexibility index (Phi) is 8.07. The monoisotopic (exact) mass is 306 g/mol. The van der Waals surface area contributed by atoms with Crippen molar-refractivity contribution in [3.05, 3.63) is 55.6 Å². The van der Waals surface area contributed by atoms with E-state index in [-0.39, 0.29) is 19.8 Å². The summed E-state index contributed by atoms with van der Waals surface area (Å²) in [5.74, 6) is -0.618. The fraction of sp³-hybridized carbons (Fsp3) is 0.250. The molecule has 0 N–H and O–H groups in total. The highest BCUT2D eigenvalue weighted by Gasteiger charge is 2.15. The average Bonchev–Trinajstić information content (AvgIpc) is 2.54. The normalized spacial score (nSPS) is 11.1. The van der Waals surface area contributed by atoms with Crippen molar-refractivity contribution in [2.75, 3.05) is 19.8 Å². The highest BCUT2D eigenvalue weighted by atomic mass is 16.7. The second kappa shape index (κ2) is 10.2. The molecule has 0 bridgehead atoms. The summed E-state index contributed by atoms with van der Waals surface area (Å²) >= 11 is 0. The molecule has 0 heterocycles. The van der Waals surface area contributed by atoms with E-state index in [0.717, 1.165) is 12.2 Å². The summed E-state index contributed by atoms with van der Waals surface area (Å²) in [6.45, 7) is 6.79. The van der Waals surface area contributed by atoms with Gasteiger partial charge < -0.3 is 18.9 Å². The summed E-state index contributed by atoms with van der Waals surface area (Å²) < 4.78 is 20.5. The van der Waals surface area contributed by atoms with E-state index in [1.54, 1.807) is 24.3 Å². The maximum absolute atomic E-state index is 11.3. The first-order chi connectivity index (χ1) is 10.7. The summed E-state index contributed by atoms with van der Waals surface area (Å²) in [6.07, 6.45) is 1.17. The predicted molar refractivity (Wildman–Crippen MR) is 79.1 cm³/mol. The molecule has 0 radical (unpaired) electrons. The van der Waals surface area contributed by atoms with Crippen LogP contribution in [-0.4, -0.2) is 38.0 Å². The molecule has 0 aromatic heterocycles. The van der Waals surface area contributed by atoms with E-state index < -0.39 is 18.2 Å². The third-order valence-electron chi connectivity index (χ3n) is 2.32. The van der Waals surface area contributed by atoms with Gasteiger partial charge in [-0.15, -0.1) is 0 Å². The van der Waals surface area contributed by atoms with Crippen molar-refractivity contribution in [3.8, 4) is 5.75 Å². The van der Waals surface area contributed by atoms with Gasteiger partial charge in [-0.1, -0.05) is 31.4 Å². The molecule has 0 amide bonds. The molecule has 1 unspecified atom stereocenters. The van der Waals surface area contributed by atoms with Gasteiger partial charge in [0.15, 0.2) is 0 Å². The Balaban J connectivity index is 2.41. The molecule has 0 fully saturated rings. The van der Waals surface area contributed by atoms with Crippen molar-refractivity contribution < 1.29 is 28.5 Å². The second-order valence-corrected chi connectivity index (χ2v) is 3.95. The Morgan fingerprint density at radius 3 is 2.36 bits per heavy atom. The van der Waals surface area contributed by atoms with Crippen LogP contribution in [-0.2, 0) is 23.8 Å². The van der Waals surface area contributed by atoms with Crippen LogP contribution in [0.5, 0.6) is 5.75 Å². The highest BCUT2D eigenvalue weighted by Crippen LogP contribution is 2.12. The summed E-state index contributed by atoms with van der Waals surface area (Å²) in [6, 6.07) is 8.86. The quantitative estimate of drug-likeness (QED) is 0.284. The zero-order chi connectivity index (χ0) is 16.2. The zero-order valence-corrected chi connectivity index (χ0v) is 12.1. The van der Waals surface area contributed by atoms with Crippen molar-refractivity contribution >= 4 is 11.9 Å². The smallest absolute Gasteiger partial charge is 0.333 e. The van der Waals surface area contributed by atoms with E-state index in [2.05, 4.69) is 13.2 Å². The highest BCUT2D eigenvalue weighted by molar-refractivity contribution is 5.81. The van der Waals surface area contributed by atoms with E-state index in [1.165, 1.54) is 0 Å². The van der Waals surface area contributed by atoms with Crippen LogP contribution in [0.4, 0.5) is 0 Å². The minimum absolute atomic E-state index is 0.0138. The Hall–Kier alpha value is -2.60. The summed E-state index contributed by atoms with van der Waals surface area (Å²) in [5.41, 5.74) is 0. The van der Waals surface area contributed by atoms with Crippen molar-refractivity contribution in [1.82, 2.24) is 0 Å². The lowest BCUT2D eigenvalue weighted by atomic mass is 10.3. The SMILES string of the molecule is C=CC(=O)OCCOCC(OC(=O)C=C)Oc1ccccc1. The standard InChI is InChI=1S/C16H18O6/c1-3-14(17)20-11-10-19-12-16(22-15(18)4-2)21-13-8-6-5-7-9-13/h3-9,16H,1-2,10-12H2. The number of ether oxygens (including phenoxy) is 4. The molecule has 0 aliphatic carbocycles. The van der Waals surface area contributed by atoms with E-state index in [0.29, 0.717) is 5.75 Å². The molecular formula is C16H18O6. The molecule has 0 saturated carbocycles. The van der Waals surface area contributed by atoms with E-state index in [4.69, 9.17) is 18.9 Å². The van der Waals surface area contributed by atoms with Crippen molar-refractivity contribution in [2.24, 2.45) is 0 Å². The van der Waals surface area contributed by atoms with Crippen LogP contribution in [0.25, 0.3) is 0 Å². The first kappa shape index (κ1) is 17.5. The molecule has 0 aliphatic rings. The average molecular weight is 306 g/mol. The van der Waals surface area contributed by atoms with Crippen LogP contribution in [0.2, 0.25) is 0 Å². The van der Waals surface area contributed by atoms with Gasteiger partial charge in [0.05, 0.1) is 6.61 Å². The molecule has 0 spiro atoms. The van der Waals surface area contributed by atoms with Crippen LogP contribution in [0.1, 0.15) is 0 Å². The Morgan fingerprint density at radius 2 is 1.73 bits per heavy atom. The fourth-order valence-electron chi connectivity index (χ4n) is 1.36. The molecule has 1 atom stereocenters. The number of hydrogen-bond donors (Lipinski definition) is 0. The summed E-state index contributed by atoms with van der Waals surface area (Å²) in [7, 11) is 0. The van der Waals surface area contributed by atoms with Crippen LogP contribution < -0.4 is 4.74 Å². The maximum atomic E-state index is 11.3. The van der Waals surface area contributed by atoms with Crippen molar-refractivity contribution in [3.63, 3.8) is 0 Å². The molecule has 0 aliphatic heterocycles. The molecular weight excluding hydrogens is 288 g/mol. The van der Waals surface area contributed by atoms with E-state index >= 15 is 0 Å². The Labute approximate surface area is 128 Å². The summed E-state index contributed by atoms with van der Waals surface area (Å²) in [5, 5.41) is 0. The largest absolute Gasteiger partial charge is 0.460 e. The number of carbonyl (C=O) groups is 2. The molecule has 6 heteroatoms. The van der Waals surface area contributed by atoms with Crippen molar-refractivity contribution in [1.29, 1.82) is 0 Å². The van der Waals surface area contributed by atoms with E-state index in [9.17, 15) is 9.59 Å². The minimum Gasteiger partial charge on any atom is -0.460 e. The van der Waals surface area contributed by atoms with Gasteiger partial charge in [-0.2, -0.15) is 0 Å². The lowest BCUT2D eigenvalue weighted by molar-refractivity contribution is -0.166. The van der Waals surface area contributed by atoms with Gasteiger partial charge >= 0.3 is 11.9 Å². The molecule has 1 aromatic rings. The van der Waals surface area contributed by atoms with Gasteiger partial charge in [-0.25, -0.2) is 9.59 Å². The Morgan fingerprint density at radius 1 is 1.05 bits per heavy atom. The van der Waals surface area contributed by atoms with Crippen LogP contribution >= 0.6 is 0 Å². The Bertz CT molecular complexity index is 497. The number of para-hydroxylation sites is 1. The molecule has 1 aromatic carbocycles. The third-order valence-corrected chi connectivity index (χ3v) is 2.32. The van der Waals surface area contributed by atoms with Gasteiger partial charge in [0.1, 0.15) is 19.0 Å². The topological polar surface area (TPSA) is 71.1 Å². The van der Waals surface area contributed by atoms with Crippen LogP contribution in [0.3, 0.4) is 0 Å². The third kappa shape index (κ3) is 7.25. The number of hydrogen-bond acceptors (Lipinski definition) is 6.